The van der Waals surface area contributed by atoms with Crippen LogP contribution in [0, 0.1) is 6.92 Å². The highest BCUT2D eigenvalue weighted by atomic mass is 16.5. The number of nitrogens with zero attached hydrogens (tertiary/aromatic N) is 2. The first-order chi connectivity index (χ1) is 14.6. The van der Waals surface area contributed by atoms with E-state index in [4.69, 9.17) is 10.5 Å². The Morgan fingerprint density at radius 3 is 2.60 bits per heavy atom. The first-order valence-corrected chi connectivity index (χ1v) is 10.3. The van der Waals surface area contributed by atoms with Gasteiger partial charge in [-0.25, -0.2) is 0 Å². The Labute approximate surface area is 177 Å². The number of hydrogen-bond acceptors (Lipinski definition) is 4. The van der Waals surface area contributed by atoms with Gasteiger partial charge in [0.25, 0.3) is 5.91 Å². The van der Waals surface area contributed by atoms with Crippen LogP contribution in [0.4, 0.5) is 0 Å². The van der Waals surface area contributed by atoms with E-state index in [1.807, 2.05) is 55.5 Å². The largest absolute Gasteiger partial charge is 0.367 e. The molecule has 0 aliphatic carbocycles. The second-order valence-corrected chi connectivity index (χ2v) is 7.89. The van der Waals surface area contributed by atoms with Crippen molar-refractivity contribution in [3.63, 3.8) is 0 Å². The molecule has 1 aromatic heterocycles. The highest BCUT2D eigenvalue weighted by Gasteiger charge is 2.43. The fourth-order valence-electron chi connectivity index (χ4n) is 4.13. The molecule has 1 aliphatic rings. The number of hydrogen-bond donors (Lipinski definition) is 1. The molecular weight excluding hydrogens is 374 g/mol. The SMILES string of the molecule is Cc1cccc(CN2CCO[C@@](Cc3ccccc3-c3ccccc3)(C(N)=O)C2)n1. The van der Waals surface area contributed by atoms with Gasteiger partial charge in [-0.1, -0.05) is 60.7 Å². The van der Waals surface area contributed by atoms with E-state index < -0.39 is 11.5 Å². The monoisotopic (exact) mass is 401 g/mol. The van der Waals surface area contributed by atoms with E-state index >= 15 is 0 Å². The van der Waals surface area contributed by atoms with Gasteiger partial charge >= 0.3 is 0 Å². The molecule has 1 fully saturated rings. The number of aromatic nitrogens is 1. The van der Waals surface area contributed by atoms with Gasteiger partial charge in [-0.05, 0) is 35.7 Å². The molecule has 0 spiro atoms. The maximum Gasteiger partial charge on any atom is 0.251 e. The molecule has 1 atom stereocenters. The fraction of sp³-hybridized carbons (Fsp3) is 0.280. The summed E-state index contributed by atoms with van der Waals surface area (Å²) >= 11 is 0. The quantitative estimate of drug-likeness (QED) is 0.688. The lowest BCUT2D eigenvalue weighted by atomic mass is 9.87. The molecule has 1 aliphatic heterocycles. The Hall–Kier alpha value is -3.02. The average Bonchev–Trinajstić information content (AvgIpc) is 2.75. The molecule has 5 heteroatoms. The minimum Gasteiger partial charge on any atom is -0.367 e. The van der Waals surface area contributed by atoms with Crippen molar-refractivity contribution in [2.75, 3.05) is 19.7 Å². The van der Waals surface area contributed by atoms with E-state index in [0.717, 1.165) is 34.6 Å². The van der Waals surface area contributed by atoms with Crippen LogP contribution in [0.3, 0.4) is 0 Å². The van der Waals surface area contributed by atoms with Crippen LogP contribution in [0.15, 0.2) is 72.8 Å². The molecule has 0 unspecified atom stereocenters. The van der Waals surface area contributed by atoms with Gasteiger partial charge in [-0.3, -0.25) is 14.7 Å². The average molecular weight is 402 g/mol. The number of nitrogens with two attached hydrogens (primary N) is 1. The summed E-state index contributed by atoms with van der Waals surface area (Å²) in [5.41, 5.74) is 10.1. The van der Waals surface area contributed by atoms with Crippen molar-refractivity contribution in [3.8, 4) is 11.1 Å². The summed E-state index contributed by atoms with van der Waals surface area (Å²) in [4.78, 5) is 19.4. The smallest absolute Gasteiger partial charge is 0.251 e. The Bertz CT molecular complexity index is 1020. The van der Waals surface area contributed by atoms with E-state index in [1.54, 1.807) is 0 Å². The van der Waals surface area contributed by atoms with Crippen molar-refractivity contribution < 1.29 is 9.53 Å². The first kappa shape index (κ1) is 20.3. The molecule has 2 aromatic carbocycles. The number of primary amides is 1. The Kier molecular flexibility index (Phi) is 5.93. The van der Waals surface area contributed by atoms with Gasteiger partial charge in [-0.2, -0.15) is 0 Å². The summed E-state index contributed by atoms with van der Waals surface area (Å²) in [6, 6.07) is 24.3. The Balaban J connectivity index is 1.60. The van der Waals surface area contributed by atoms with Gasteiger partial charge in [0.2, 0.25) is 0 Å². The Morgan fingerprint density at radius 2 is 1.83 bits per heavy atom. The molecule has 154 valence electrons. The third-order valence-corrected chi connectivity index (χ3v) is 5.62. The fourth-order valence-corrected chi connectivity index (χ4v) is 4.13. The highest BCUT2D eigenvalue weighted by Crippen LogP contribution is 2.30. The van der Waals surface area contributed by atoms with Crippen molar-refractivity contribution in [1.82, 2.24) is 9.88 Å². The van der Waals surface area contributed by atoms with Gasteiger partial charge in [0, 0.05) is 31.7 Å². The van der Waals surface area contributed by atoms with Gasteiger partial charge < -0.3 is 10.5 Å². The molecule has 1 saturated heterocycles. The van der Waals surface area contributed by atoms with Crippen molar-refractivity contribution in [2.24, 2.45) is 5.73 Å². The van der Waals surface area contributed by atoms with Crippen LogP contribution < -0.4 is 5.73 Å². The zero-order valence-electron chi connectivity index (χ0n) is 17.3. The third-order valence-electron chi connectivity index (χ3n) is 5.62. The summed E-state index contributed by atoms with van der Waals surface area (Å²) < 4.78 is 6.08. The zero-order valence-corrected chi connectivity index (χ0v) is 17.3. The number of amides is 1. The van der Waals surface area contributed by atoms with Crippen LogP contribution in [0.25, 0.3) is 11.1 Å². The summed E-state index contributed by atoms with van der Waals surface area (Å²) in [7, 11) is 0. The molecule has 30 heavy (non-hydrogen) atoms. The predicted octanol–water partition coefficient (Wildman–Crippen LogP) is 3.36. The minimum atomic E-state index is -1.06. The molecule has 0 saturated carbocycles. The second kappa shape index (κ2) is 8.78. The van der Waals surface area contributed by atoms with Crippen molar-refractivity contribution in [3.05, 3.63) is 89.7 Å². The Morgan fingerprint density at radius 1 is 1.07 bits per heavy atom. The lowest BCUT2D eigenvalue weighted by Crippen LogP contribution is -2.59. The molecule has 0 bridgehead atoms. The number of aryl methyl sites for hydroxylation is 1. The molecule has 2 heterocycles. The maximum absolute atomic E-state index is 12.6. The summed E-state index contributed by atoms with van der Waals surface area (Å²) in [5, 5.41) is 0. The van der Waals surface area contributed by atoms with E-state index in [0.29, 0.717) is 26.1 Å². The van der Waals surface area contributed by atoms with Gasteiger partial charge in [0.15, 0.2) is 5.60 Å². The minimum absolute atomic E-state index is 0.424. The van der Waals surface area contributed by atoms with E-state index in [1.165, 1.54) is 0 Å². The zero-order chi connectivity index (χ0) is 21.0. The number of ether oxygens (including phenoxy) is 1. The predicted molar refractivity (Wildman–Crippen MR) is 118 cm³/mol. The number of rotatable bonds is 6. The molecule has 3 aromatic rings. The number of carbonyl (C=O) groups is 1. The molecular formula is C25H27N3O2. The normalized spacial score (nSPS) is 19.5. The summed E-state index contributed by atoms with van der Waals surface area (Å²) in [6.45, 7) is 4.30. The van der Waals surface area contributed by atoms with Crippen LogP contribution in [0.5, 0.6) is 0 Å². The molecule has 0 radical (unpaired) electrons. The van der Waals surface area contributed by atoms with E-state index in [9.17, 15) is 4.79 Å². The van der Waals surface area contributed by atoms with Gasteiger partial charge in [0.1, 0.15) is 0 Å². The van der Waals surface area contributed by atoms with Crippen LogP contribution in [0.1, 0.15) is 17.0 Å². The van der Waals surface area contributed by atoms with Crippen LogP contribution >= 0.6 is 0 Å². The number of carbonyl (C=O) groups excluding carboxylic acids is 1. The second-order valence-electron chi connectivity index (χ2n) is 7.89. The molecule has 2 N–H and O–H groups in total. The highest BCUT2D eigenvalue weighted by molar-refractivity contribution is 5.85. The lowest BCUT2D eigenvalue weighted by Gasteiger charge is -2.41. The van der Waals surface area contributed by atoms with Gasteiger partial charge in [-0.15, -0.1) is 0 Å². The lowest BCUT2D eigenvalue weighted by molar-refractivity contribution is -0.157. The number of benzene rings is 2. The van der Waals surface area contributed by atoms with Crippen molar-refractivity contribution in [2.45, 2.75) is 25.5 Å². The molecule has 1 amide bonds. The first-order valence-electron chi connectivity index (χ1n) is 10.3. The van der Waals surface area contributed by atoms with Crippen LogP contribution in [0.2, 0.25) is 0 Å². The van der Waals surface area contributed by atoms with Crippen molar-refractivity contribution in [1.29, 1.82) is 0 Å². The molecule has 4 rings (SSSR count). The van der Waals surface area contributed by atoms with E-state index in [-0.39, 0.29) is 0 Å². The van der Waals surface area contributed by atoms with Crippen LogP contribution in [-0.4, -0.2) is 41.1 Å². The van der Waals surface area contributed by atoms with Gasteiger partial charge in [0.05, 0.1) is 12.3 Å². The van der Waals surface area contributed by atoms with Crippen LogP contribution in [-0.2, 0) is 22.5 Å². The standard InChI is InChI=1S/C25H27N3O2/c1-19-8-7-12-22(27-19)17-28-14-15-30-25(18-28,24(26)29)16-21-11-5-6-13-23(21)20-9-3-2-4-10-20/h2-13H,14-18H2,1H3,(H2,26,29)/t25-/m1/s1. The summed E-state index contributed by atoms with van der Waals surface area (Å²) in [5.74, 6) is -0.424. The number of morpholine rings is 1. The topological polar surface area (TPSA) is 68.5 Å². The van der Waals surface area contributed by atoms with E-state index in [2.05, 4.69) is 34.1 Å². The maximum atomic E-state index is 12.6. The number of pyridine rings is 1. The summed E-state index contributed by atoms with van der Waals surface area (Å²) in [6.07, 6.45) is 0.436. The third kappa shape index (κ3) is 4.42. The molecule has 5 nitrogen and oxygen atoms in total. The van der Waals surface area contributed by atoms with Crippen molar-refractivity contribution >= 4 is 5.91 Å².